The fourth-order valence-electron chi connectivity index (χ4n) is 3.04. The van der Waals surface area contributed by atoms with Gasteiger partial charge in [0, 0.05) is 43.1 Å². The first-order chi connectivity index (χ1) is 14.0. The molecule has 0 spiro atoms. The van der Waals surface area contributed by atoms with E-state index in [1.165, 1.54) is 12.2 Å². The maximum Gasteiger partial charge on any atom is 0.243 e. The van der Waals surface area contributed by atoms with Gasteiger partial charge in [-0.2, -0.15) is 0 Å². The number of aromatic nitrogens is 2. The molecular weight excluding hydrogens is 370 g/mol. The molecule has 0 amide bonds. The molecule has 0 aliphatic heterocycles. The molecule has 152 valence electrons. The van der Waals surface area contributed by atoms with Crippen molar-refractivity contribution in [3.8, 4) is 0 Å². The molecule has 1 aromatic carbocycles. The van der Waals surface area contributed by atoms with Crippen LogP contribution in [0.1, 0.15) is 12.0 Å². The van der Waals surface area contributed by atoms with Crippen LogP contribution in [0.2, 0.25) is 0 Å². The van der Waals surface area contributed by atoms with Crippen LogP contribution in [0, 0.1) is 0 Å². The summed E-state index contributed by atoms with van der Waals surface area (Å²) >= 11 is 0. The highest BCUT2D eigenvalue weighted by Gasteiger charge is 2.20. The maximum atomic E-state index is 12.4. The zero-order valence-electron chi connectivity index (χ0n) is 16.4. The highest BCUT2D eigenvalue weighted by Crippen LogP contribution is 2.21. The van der Waals surface area contributed by atoms with E-state index in [1.807, 2.05) is 36.4 Å². The van der Waals surface area contributed by atoms with Crippen LogP contribution in [-0.4, -0.2) is 34.4 Å². The van der Waals surface area contributed by atoms with E-state index >= 15 is 0 Å². The number of carbonyl (C=O) groups is 2. The molecule has 0 bridgehead atoms. The quantitative estimate of drug-likeness (QED) is 0.212. The number of aliphatic hydroxyl groups excluding tert-OH is 1. The van der Waals surface area contributed by atoms with Crippen molar-refractivity contribution in [3.05, 3.63) is 66.0 Å². The lowest BCUT2D eigenvalue weighted by Crippen LogP contribution is -2.27. The average molecular weight is 396 g/mol. The smallest absolute Gasteiger partial charge is 0.243 e. The van der Waals surface area contributed by atoms with Crippen LogP contribution in [0.5, 0.6) is 0 Å². The lowest BCUT2D eigenvalue weighted by atomic mass is 10.0. The Morgan fingerprint density at radius 3 is 2.66 bits per heavy atom. The third kappa shape index (κ3) is 5.32. The molecule has 5 N–H and O–H groups in total. The summed E-state index contributed by atoms with van der Waals surface area (Å²) in [5, 5.41) is 14.7. The first-order valence-electron chi connectivity index (χ1n) is 9.49. The van der Waals surface area contributed by atoms with E-state index in [-0.39, 0.29) is 29.6 Å². The summed E-state index contributed by atoms with van der Waals surface area (Å²) in [6.07, 6.45) is 9.78. The van der Waals surface area contributed by atoms with Crippen molar-refractivity contribution in [2.75, 3.05) is 24.2 Å². The van der Waals surface area contributed by atoms with Crippen molar-refractivity contribution in [2.24, 2.45) is 7.05 Å². The van der Waals surface area contributed by atoms with Gasteiger partial charge in [-0.15, -0.1) is 0 Å². The summed E-state index contributed by atoms with van der Waals surface area (Å²) in [7, 11) is 1.97. The van der Waals surface area contributed by atoms with Crippen LogP contribution >= 0.6 is 0 Å². The number of nitrogens with zero attached hydrogens (tertiary/aromatic N) is 2. The van der Waals surface area contributed by atoms with E-state index in [1.54, 1.807) is 12.1 Å². The van der Waals surface area contributed by atoms with Gasteiger partial charge in [-0.3, -0.25) is 9.59 Å². The monoisotopic (exact) mass is 396 g/mol. The molecular formula is C21H26N5O3+. The largest absolute Gasteiger partial charge is 0.399 e. The number of carbonyl (C=O) groups excluding carboxylic acids is 2. The van der Waals surface area contributed by atoms with Crippen molar-refractivity contribution < 1.29 is 19.3 Å². The molecule has 0 saturated carbocycles. The number of hydrogen-bond acceptors (Lipinski definition) is 6. The van der Waals surface area contributed by atoms with Gasteiger partial charge in [0.25, 0.3) is 0 Å². The molecule has 1 aromatic heterocycles. The Kier molecular flexibility index (Phi) is 6.46. The molecule has 0 fully saturated rings. The molecule has 0 unspecified atom stereocenters. The molecule has 3 rings (SSSR count). The van der Waals surface area contributed by atoms with Crippen molar-refractivity contribution in [2.45, 2.75) is 19.4 Å². The number of benzene rings is 1. The summed E-state index contributed by atoms with van der Waals surface area (Å²) in [5.41, 5.74) is 8.91. The summed E-state index contributed by atoms with van der Waals surface area (Å²) in [6, 6.07) is 5.47. The molecule has 0 radical (unpaired) electrons. The number of ketones is 2. The van der Waals surface area contributed by atoms with Gasteiger partial charge in [0.1, 0.15) is 12.4 Å². The zero-order valence-corrected chi connectivity index (χ0v) is 16.4. The lowest BCUT2D eigenvalue weighted by Gasteiger charge is -2.16. The molecule has 8 heteroatoms. The van der Waals surface area contributed by atoms with Gasteiger partial charge in [-0.25, -0.2) is 9.13 Å². The number of anilines is 2. The Labute approximate surface area is 169 Å². The predicted octanol–water partition coefficient (Wildman–Crippen LogP) is 0.441. The number of hydrogen-bond donors (Lipinski definition) is 4. The molecule has 1 aliphatic carbocycles. The number of imidazole rings is 1. The van der Waals surface area contributed by atoms with Gasteiger partial charge >= 0.3 is 0 Å². The summed E-state index contributed by atoms with van der Waals surface area (Å²) in [4.78, 5) is 24.6. The highest BCUT2D eigenvalue weighted by atomic mass is 16.3. The van der Waals surface area contributed by atoms with E-state index in [0.29, 0.717) is 24.3 Å². The minimum Gasteiger partial charge on any atom is -0.399 e. The second kappa shape index (κ2) is 9.20. The van der Waals surface area contributed by atoms with E-state index in [9.17, 15) is 9.59 Å². The fraction of sp³-hybridized carbons (Fsp3) is 0.286. The average Bonchev–Trinajstić information content (AvgIpc) is 3.11. The van der Waals surface area contributed by atoms with Crippen LogP contribution < -0.4 is 20.9 Å². The minimum atomic E-state index is -0.283. The molecule has 0 atom stereocenters. The van der Waals surface area contributed by atoms with Gasteiger partial charge in [0.05, 0.1) is 25.0 Å². The standard InChI is InChI=1S/C21H25N5O3/c1-25-8-9-26(14-25)7-5-15-11-16(3-4-17(15)22)24-19-13-20(28)18(12-21(19)29)23-6-2-10-27/h3-4,8-9,11-14,27H,2,5-7,10H2,1H3,(H3-,22,23,24,28,29)/p+1. The Hall–Kier alpha value is -3.39. The van der Waals surface area contributed by atoms with Gasteiger partial charge in [0.15, 0.2) is 0 Å². The van der Waals surface area contributed by atoms with Crippen molar-refractivity contribution in [3.63, 3.8) is 0 Å². The summed E-state index contributed by atoms with van der Waals surface area (Å²) in [6.45, 7) is 1.23. The molecule has 1 aliphatic rings. The Morgan fingerprint density at radius 1 is 1.17 bits per heavy atom. The van der Waals surface area contributed by atoms with Crippen LogP contribution in [0.15, 0.2) is 60.5 Å². The number of aryl methyl sites for hydroxylation is 3. The first kappa shape index (κ1) is 20.3. The topological polar surface area (TPSA) is 113 Å². The third-order valence-electron chi connectivity index (χ3n) is 4.62. The predicted molar refractivity (Wildman–Crippen MR) is 110 cm³/mol. The molecule has 1 heterocycles. The number of allylic oxidation sites excluding steroid dienone is 2. The SMILES string of the molecule is C[n+]1ccn(CCc2cc(NC3=CC(=O)C(NCCCO)=CC3=O)ccc2N)c1. The number of aliphatic hydroxyl groups is 1. The van der Waals surface area contributed by atoms with Gasteiger partial charge < -0.3 is 21.5 Å². The number of rotatable bonds is 9. The summed E-state index contributed by atoms with van der Waals surface area (Å²) < 4.78 is 4.04. The summed E-state index contributed by atoms with van der Waals surface area (Å²) in [5.74, 6) is -0.560. The molecule has 8 nitrogen and oxygen atoms in total. The Balaban J connectivity index is 1.66. The van der Waals surface area contributed by atoms with Crippen LogP contribution in [0.25, 0.3) is 0 Å². The Bertz CT molecular complexity index is 974. The number of nitrogen functional groups attached to an aromatic ring is 1. The van der Waals surface area contributed by atoms with E-state index in [4.69, 9.17) is 10.8 Å². The third-order valence-corrected chi connectivity index (χ3v) is 4.62. The highest BCUT2D eigenvalue weighted by molar-refractivity contribution is 6.20. The normalized spacial score (nSPS) is 13.9. The first-order valence-corrected chi connectivity index (χ1v) is 9.49. The maximum absolute atomic E-state index is 12.4. The fourth-order valence-corrected chi connectivity index (χ4v) is 3.04. The van der Waals surface area contributed by atoms with Crippen LogP contribution in [-0.2, 0) is 29.6 Å². The van der Waals surface area contributed by atoms with Gasteiger partial charge in [0.2, 0.25) is 17.9 Å². The van der Waals surface area contributed by atoms with E-state index < -0.39 is 0 Å². The van der Waals surface area contributed by atoms with Crippen molar-refractivity contribution >= 4 is 22.9 Å². The van der Waals surface area contributed by atoms with E-state index in [2.05, 4.69) is 15.2 Å². The van der Waals surface area contributed by atoms with E-state index in [0.717, 1.165) is 18.5 Å². The van der Waals surface area contributed by atoms with Crippen LogP contribution in [0.4, 0.5) is 11.4 Å². The van der Waals surface area contributed by atoms with Crippen LogP contribution in [0.3, 0.4) is 0 Å². The van der Waals surface area contributed by atoms with Gasteiger partial charge in [-0.1, -0.05) is 0 Å². The number of nitrogens with two attached hydrogens (primary N) is 1. The molecule has 2 aromatic rings. The molecule has 29 heavy (non-hydrogen) atoms. The zero-order chi connectivity index (χ0) is 20.8. The second-order valence-electron chi connectivity index (χ2n) is 6.95. The Morgan fingerprint density at radius 2 is 1.93 bits per heavy atom. The lowest BCUT2D eigenvalue weighted by molar-refractivity contribution is -0.671. The van der Waals surface area contributed by atoms with Gasteiger partial charge in [-0.05, 0) is 30.2 Å². The van der Waals surface area contributed by atoms with Crippen molar-refractivity contribution in [1.82, 2.24) is 9.88 Å². The number of nitrogens with one attached hydrogen (secondary N) is 2. The molecule has 0 saturated heterocycles. The minimum absolute atomic E-state index is 0.0211. The second-order valence-corrected chi connectivity index (χ2v) is 6.95. The van der Waals surface area contributed by atoms with Crippen molar-refractivity contribution in [1.29, 1.82) is 0 Å².